The third-order valence-corrected chi connectivity index (χ3v) is 2.69. The van der Waals surface area contributed by atoms with E-state index >= 15 is 0 Å². The number of carbonyl (C=O) groups excluding carboxylic acids is 1. The maximum Gasteiger partial charge on any atom is 0.408 e. The van der Waals surface area contributed by atoms with Gasteiger partial charge < -0.3 is 20.3 Å². The van der Waals surface area contributed by atoms with Crippen LogP contribution in [0.15, 0.2) is 0 Å². The molecule has 0 saturated heterocycles. The quantitative estimate of drug-likeness (QED) is 0.691. The predicted molar refractivity (Wildman–Crippen MR) is 60.1 cm³/mol. The minimum atomic E-state index is -1.52. The molecule has 1 amide bonds. The summed E-state index contributed by atoms with van der Waals surface area (Å²) in [6, 6.07) is 0. The molecule has 7 heteroatoms. The highest BCUT2D eigenvalue weighted by Gasteiger charge is 2.54. The van der Waals surface area contributed by atoms with E-state index in [1.54, 1.807) is 20.8 Å². The summed E-state index contributed by atoms with van der Waals surface area (Å²) in [5, 5.41) is 20.0. The van der Waals surface area contributed by atoms with Crippen LogP contribution in [-0.2, 0) is 14.3 Å². The van der Waals surface area contributed by atoms with Crippen LogP contribution in [0.3, 0.4) is 0 Å². The van der Waals surface area contributed by atoms with E-state index in [2.05, 4.69) is 5.32 Å². The van der Waals surface area contributed by atoms with E-state index in [0.717, 1.165) is 0 Å². The first-order valence-electron chi connectivity index (χ1n) is 5.53. The largest absolute Gasteiger partial charge is 0.481 e. The van der Waals surface area contributed by atoms with E-state index in [-0.39, 0.29) is 12.8 Å². The Balaban J connectivity index is 2.65. The average Bonchev–Trinajstić information content (AvgIpc) is 2.05. The van der Waals surface area contributed by atoms with Crippen molar-refractivity contribution in [3.8, 4) is 0 Å². The minimum absolute atomic E-state index is 0.128. The minimum Gasteiger partial charge on any atom is -0.481 e. The lowest BCUT2D eigenvalue weighted by molar-refractivity contribution is -0.159. The smallest absolute Gasteiger partial charge is 0.408 e. The fourth-order valence-corrected chi connectivity index (χ4v) is 1.79. The Hall–Kier alpha value is -1.79. The van der Waals surface area contributed by atoms with Gasteiger partial charge in [0.2, 0.25) is 0 Å². The molecular formula is C11H17NO6. The van der Waals surface area contributed by atoms with E-state index in [1.165, 1.54) is 0 Å². The number of hydrogen-bond acceptors (Lipinski definition) is 4. The van der Waals surface area contributed by atoms with Gasteiger partial charge in [-0.3, -0.25) is 4.79 Å². The second-order valence-corrected chi connectivity index (χ2v) is 5.46. The molecule has 7 nitrogen and oxygen atoms in total. The Bertz CT molecular complexity index is 377. The van der Waals surface area contributed by atoms with Crippen LogP contribution in [0.1, 0.15) is 33.6 Å². The van der Waals surface area contributed by atoms with Crippen LogP contribution >= 0.6 is 0 Å². The first-order valence-corrected chi connectivity index (χ1v) is 5.53. The summed E-state index contributed by atoms with van der Waals surface area (Å²) < 4.78 is 4.95. The maximum absolute atomic E-state index is 11.5. The van der Waals surface area contributed by atoms with E-state index in [4.69, 9.17) is 14.9 Å². The van der Waals surface area contributed by atoms with Crippen molar-refractivity contribution in [3.05, 3.63) is 0 Å². The van der Waals surface area contributed by atoms with Gasteiger partial charge in [-0.25, -0.2) is 9.59 Å². The van der Waals surface area contributed by atoms with E-state index in [0.29, 0.717) is 0 Å². The number of rotatable bonds is 3. The molecule has 1 saturated carbocycles. The number of carboxylic acids is 2. The molecule has 18 heavy (non-hydrogen) atoms. The Morgan fingerprint density at radius 2 is 1.72 bits per heavy atom. The lowest BCUT2D eigenvalue weighted by atomic mass is 9.68. The standard InChI is InChI=1S/C11H17NO6/c1-10(2,3)18-9(17)12-11(8(15)16)4-6(5-11)7(13)14/h6H,4-5H2,1-3H3,(H,12,17)(H,13,14)(H,15,16). The van der Waals surface area contributed by atoms with E-state index in [1.807, 2.05) is 0 Å². The van der Waals surface area contributed by atoms with E-state index < -0.39 is 35.1 Å². The highest BCUT2D eigenvalue weighted by Crippen LogP contribution is 2.38. The highest BCUT2D eigenvalue weighted by atomic mass is 16.6. The number of aliphatic carboxylic acids is 2. The molecule has 1 rings (SSSR count). The van der Waals surface area contributed by atoms with Gasteiger partial charge in [0.15, 0.2) is 0 Å². The molecule has 3 N–H and O–H groups in total. The lowest BCUT2D eigenvalue weighted by Gasteiger charge is -2.42. The third kappa shape index (κ3) is 3.12. The Morgan fingerprint density at radius 1 is 1.22 bits per heavy atom. The molecule has 0 aromatic carbocycles. The number of ether oxygens (including phenoxy) is 1. The molecule has 1 aliphatic rings. The van der Waals surface area contributed by atoms with Crippen molar-refractivity contribution in [2.24, 2.45) is 5.92 Å². The summed E-state index contributed by atoms with van der Waals surface area (Å²) in [4.78, 5) is 33.3. The molecule has 0 aliphatic heterocycles. The van der Waals surface area contributed by atoms with Gasteiger partial charge in [0.1, 0.15) is 11.1 Å². The molecule has 1 aliphatic carbocycles. The van der Waals surface area contributed by atoms with Gasteiger partial charge in [-0.05, 0) is 33.6 Å². The van der Waals surface area contributed by atoms with Crippen molar-refractivity contribution in [1.82, 2.24) is 5.32 Å². The number of nitrogens with one attached hydrogen (secondary N) is 1. The van der Waals surface area contributed by atoms with Gasteiger partial charge in [-0.15, -0.1) is 0 Å². The summed E-state index contributed by atoms with van der Waals surface area (Å²) in [7, 11) is 0. The van der Waals surface area contributed by atoms with Gasteiger partial charge in [-0.2, -0.15) is 0 Å². The molecule has 0 aromatic heterocycles. The normalized spacial score (nSPS) is 26.9. The van der Waals surface area contributed by atoms with Gasteiger partial charge in [0.05, 0.1) is 5.92 Å². The monoisotopic (exact) mass is 259 g/mol. The maximum atomic E-state index is 11.5. The lowest BCUT2D eigenvalue weighted by Crippen LogP contribution is -2.64. The van der Waals surface area contributed by atoms with Crippen LogP contribution < -0.4 is 5.32 Å². The van der Waals surface area contributed by atoms with Crippen molar-refractivity contribution < 1.29 is 29.3 Å². The topological polar surface area (TPSA) is 113 Å². The zero-order chi connectivity index (χ0) is 14.1. The second-order valence-electron chi connectivity index (χ2n) is 5.46. The Labute approximate surface area is 104 Å². The van der Waals surface area contributed by atoms with Crippen molar-refractivity contribution >= 4 is 18.0 Å². The van der Waals surface area contributed by atoms with Crippen LogP contribution in [0.5, 0.6) is 0 Å². The van der Waals surface area contributed by atoms with E-state index in [9.17, 15) is 14.4 Å². The van der Waals surface area contributed by atoms with Crippen LogP contribution in [0.4, 0.5) is 4.79 Å². The third-order valence-electron chi connectivity index (χ3n) is 2.69. The van der Waals surface area contributed by atoms with Gasteiger partial charge in [-0.1, -0.05) is 0 Å². The Morgan fingerprint density at radius 3 is 2.06 bits per heavy atom. The molecule has 0 aromatic rings. The number of carbonyl (C=O) groups is 3. The second kappa shape index (κ2) is 4.47. The number of carboxylic acid groups (broad SMARTS) is 2. The highest BCUT2D eigenvalue weighted by molar-refractivity contribution is 5.88. The van der Waals surface area contributed by atoms with Gasteiger partial charge >= 0.3 is 18.0 Å². The summed E-state index contributed by atoms with van der Waals surface area (Å²) in [6.07, 6.45) is -1.11. The SMILES string of the molecule is CC(C)(C)OC(=O)NC1(C(=O)O)CC(C(=O)O)C1. The molecule has 0 bridgehead atoms. The first-order chi connectivity index (χ1) is 8.06. The average molecular weight is 259 g/mol. The van der Waals surface area contributed by atoms with Crippen LogP contribution in [0.2, 0.25) is 0 Å². The summed E-state index contributed by atoms with van der Waals surface area (Å²) in [5.41, 5.74) is -2.26. The van der Waals surface area contributed by atoms with Crippen LogP contribution in [0, 0.1) is 5.92 Å². The molecule has 102 valence electrons. The van der Waals surface area contributed by atoms with Crippen molar-refractivity contribution in [1.29, 1.82) is 0 Å². The molecule has 0 unspecified atom stereocenters. The number of alkyl carbamates (subject to hydrolysis) is 1. The van der Waals surface area contributed by atoms with Crippen molar-refractivity contribution in [2.45, 2.75) is 44.8 Å². The summed E-state index contributed by atoms with van der Waals surface area (Å²) in [6.45, 7) is 4.96. The van der Waals surface area contributed by atoms with Crippen molar-refractivity contribution in [3.63, 3.8) is 0 Å². The van der Waals surface area contributed by atoms with Crippen molar-refractivity contribution in [2.75, 3.05) is 0 Å². The van der Waals surface area contributed by atoms with Crippen LogP contribution in [0.25, 0.3) is 0 Å². The number of hydrogen-bond donors (Lipinski definition) is 3. The molecule has 0 spiro atoms. The molecule has 0 atom stereocenters. The fraction of sp³-hybridized carbons (Fsp3) is 0.727. The summed E-state index contributed by atoms with van der Waals surface area (Å²) >= 11 is 0. The zero-order valence-corrected chi connectivity index (χ0v) is 10.5. The molecule has 0 radical (unpaired) electrons. The predicted octanol–water partition coefficient (Wildman–Crippen LogP) is 0.829. The zero-order valence-electron chi connectivity index (χ0n) is 10.5. The molecular weight excluding hydrogens is 242 g/mol. The fourth-order valence-electron chi connectivity index (χ4n) is 1.79. The van der Waals surface area contributed by atoms with Crippen LogP contribution in [-0.4, -0.2) is 39.4 Å². The molecule has 0 heterocycles. The van der Waals surface area contributed by atoms with Gasteiger partial charge in [0.25, 0.3) is 0 Å². The van der Waals surface area contributed by atoms with Gasteiger partial charge in [0, 0.05) is 0 Å². The summed E-state index contributed by atoms with van der Waals surface area (Å²) in [5.74, 6) is -3.04. The number of amides is 1. The Kier molecular flexibility index (Phi) is 3.54. The first kappa shape index (κ1) is 14.3. The molecule has 1 fully saturated rings.